The van der Waals surface area contributed by atoms with Gasteiger partial charge >= 0.3 is 0 Å². The van der Waals surface area contributed by atoms with Crippen LogP contribution in [-0.4, -0.2) is 52.0 Å². The Morgan fingerprint density at radius 2 is 2.04 bits per heavy atom. The first kappa shape index (κ1) is 23.8. The first-order valence-electron chi connectivity index (χ1n) is 8.77. The molecule has 1 saturated heterocycles. The molecule has 2 rings (SSSR count). The Bertz CT molecular complexity index is 555. The summed E-state index contributed by atoms with van der Waals surface area (Å²) in [6.45, 7) is 3.95. The first-order chi connectivity index (χ1) is 12.2. The lowest BCUT2D eigenvalue weighted by atomic mass is 10.1. The van der Waals surface area contributed by atoms with Gasteiger partial charge < -0.3 is 20.1 Å². The highest BCUT2D eigenvalue weighted by molar-refractivity contribution is 14.0. The molecule has 1 unspecified atom stereocenters. The van der Waals surface area contributed by atoms with E-state index in [4.69, 9.17) is 32.7 Å². The second kappa shape index (κ2) is 13.8. The van der Waals surface area contributed by atoms with Gasteiger partial charge in [0.1, 0.15) is 0 Å². The Kier molecular flexibility index (Phi) is 12.6. The zero-order valence-electron chi connectivity index (χ0n) is 15.1. The fraction of sp³-hybridized carbons (Fsp3) is 0.611. The quantitative estimate of drug-likeness (QED) is 0.226. The van der Waals surface area contributed by atoms with Gasteiger partial charge in [-0.1, -0.05) is 29.3 Å². The molecular weight excluding hydrogens is 488 g/mol. The maximum absolute atomic E-state index is 6.18. The number of aryl methyl sites for hydroxylation is 1. The second-order valence-corrected chi connectivity index (χ2v) is 6.82. The van der Waals surface area contributed by atoms with E-state index in [0.717, 1.165) is 75.1 Å². The molecule has 26 heavy (non-hydrogen) atoms. The minimum Gasteiger partial charge on any atom is -0.379 e. The van der Waals surface area contributed by atoms with E-state index in [1.807, 2.05) is 12.1 Å². The van der Waals surface area contributed by atoms with Gasteiger partial charge in [-0.25, -0.2) is 0 Å². The Labute approximate surface area is 183 Å². The molecule has 0 aromatic heterocycles. The zero-order valence-corrected chi connectivity index (χ0v) is 18.9. The fourth-order valence-corrected chi connectivity index (χ4v) is 3.11. The van der Waals surface area contributed by atoms with Crippen LogP contribution in [0.5, 0.6) is 0 Å². The van der Waals surface area contributed by atoms with E-state index in [0.29, 0.717) is 5.02 Å². The highest BCUT2D eigenvalue weighted by atomic mass is 127. The number of aliphatic imine (C=N–C) groups is 1. The van der Waals surface area contributed by atoms with Gasteiger partial charge in [-0.2, -0.15) is 0 Å². The predicted octanol–water partition coefficient (Wildman–Crippen LogP) is 3.90. The Balaban J connectivity index is 0.00000338. The smallest absolute Gasteiger partial charge is 0.190 e. The minimum absolute atomic E-state index is 0. The molecule has 2 N–H and O–H groups in total. The van der Waals surface area contributed by atoms with Gasteiger partial charge in [0.15, 0.2) is 5.96 Å². The van der Waals surface area contributed by atoms with Gasteiger partial charge in [0.05, 0.1) is 12.7 Å². The van der Waals surface area contributed by atoms with Crippen molar-refractivity contribution >= 4 is 53.1 Å². The van der Waals surface area contributed by atoms with Crippen LogP contribution in [0.15, 0.2) is 23.2 Å². The van der Waals surface area contributed by atoms with Crippen molar-refractivity contribution < 1.29 is 9.47 Å². The monoisotopic (exact) mass is 515 g/mol. The van der Waals surface area contributed by atoms with Crippen molar-refractivity contribution in [1.82, 2.24) is 10.6 Å². The van der Waals surface area contributed by atoms with Crippen LogP contribution in [0, 0.1) is 0 Å². The Hall–Kier alpha value is -0.280. The minimum atomic E-state index is 0. The Morgan fingerprint density at radius 1 is 1.27 bits per heavy atom. The van der Waals surface area contributed by atoms with Crippen LogP contribution < -0.4 is 10.6 Å². The zero-order chi connectivity index (χ0) is 17.9. The molecule has 1 heterocycles. The van der Waals surface area contributed by atoms with Gasteiger partial charge in [-0.15, -0.1) is 24.0 Å². The van der Waals surface area contributed by atoms with Gasteiger partial charge in [-0.3, -0.25) is 4.99 Å². The SMILES string of the molecule is CN=C(NCCCOC1CCOC1)NCCCc1ccc(Cl)cc1Cl.I. The summed E-state index contributed by atoms with van der Waals surface area (Å²) in [6.07, 6.45) is 4.09. The average Bonchev–Trinajstić information content (AvgIpc) is 3.11. The topological polar surface area (TPSA) is 54.9 Å². The maximum atomic E-state index is 6.18. The number of guanidine groups is 1. The van der Waals surface area contributed by atoms with Crippen LogP contribution in [0.25, 0.3) is 0 Å². The summed E-state index contributed by atoms with van der Waals surface area (Å²) < 4.78 is 11.0. The second-order valence-electron chi connectivity index (χ2n) is 5.97. The molecule has 1 atom stereocenters. The standard InChI is InChI=1S/C18H27Cl2N3O2.HI/c1-21-18(23-9-3-10-25-16-7-11-24-13-16)22-8-2-4-14-5-6-15(19)12-17(14)20;/h5-6,12,16H,2-4,7-11,13H2,1H3,(H2,21,22,23);1H. The van der Waals surface area contributed by atoms with Gasteiger partial charge in [0, 0.05) is 43.4 Å². The van der Waals surface area contributed by atoms with Crippen molar-refractivity contribution in [3.05, 3.63) is 33.8 Å². The molecule has 0 amide bonds. The number of hydrogen-bond acceptors (Lipinski definition) is 3. The highest BCUT2D eigenvalue weighted by Gasteiger charge is 2.15. The van der Waals surface area contributed by atoms with E-state index in [1.54, 1.807) is 13.1 Å². The maximum Gasteiger partial charge on any atom is 0.190 e. The highest BCUT2D eigenvalue weighted by Crippen LogP contribution is 2.21. The van der Waals surface area contributed by atoms with Crippen molar-refractivity contribution in [2.75, 3.05) is 40.0 Å². The summed E-state index contributed by atoms with van der Waals surface area (Å²) in [5.74, 6) is 0.811. The van der Waals surface area contributed by atoms with E-state index in [2.05, 4.69) is 15.6 Å². The molecule has 148 valence electrons. The summed E-state index contributed by atoms with van der Waals surface area (Å²) in [5.41, 5.74) is 1.11. The van der Waals surface area contributed by atoms with Crippen molar-refractivity contribution in [2.45, 2.75) is 31.8 Å². The third kappa shape index (κ3) is 9.08. The van der Waals surface area contributed by atoms with Crippen molar-refractivity contribution in [2.24, 2.45) is 4.99 Å². The first-order valence-corrected chi connectivity index (χ1v) is 9.52. The number of nitrogens with zero attached hydrogens (tertiary/aromatic N) is 1. The molecule has 1 aliphatic heterocycles. The van der Waals surface area contributed by atoms with Crippen LogP contribution in [0.2, 0.25) is 10.0 Å². The number of ether oxygens (including phenoxy) is 2. The molecule has 1 aliphatic rings. The van der Waals surface area contributed by atoms with Crippen LogP contribution >= 0.6 is 47.2 Å². The molecule has 1 aromatic rings. The molecule has 8 heteroatoms. The van der Waals surface area contributed by atoms with E-state index in [1.165, 1.54) is 0 Å². The molecule has 0 aliphatic carbocycles. The van der Waals surface area contributed by atoms with Gasteiger partial charge in [0.2, 0.25) is 0 Å². The molecule has 0 saturated carbocycles. The van der Waals surface area contributed by atoms with Crippen LogP contribution in [0.4, 0.5) is 0 Å². The van der Waals surface area contributed by atoms with E-state index in [-0.39, 0.29) is 30.1 Å². The molecule has 0 spiro atoms. The Morgan fingerprint density at radius 3 is 2.69 bits per heavy atom. The van der Waals surface area contributed by atoms with E-state index < -0.39 is 0 Å². The van der Waals surface area contributed by atoms with Gasteiger partial charge in [-0.05, 0) is 43.4 Å². The van der Waals surface area contributed by atoms with E-state index in [9.17, 15) is 0 Å². The fourth-order valence-electron chi connectivity index (χ4n) is 2.60. The number of nitrogens with one attached hydrogen (secondary N) is 2. The lowest BCUT2D eigenvalue weighted by Gasteiger charge is -2.13. The molecule has 0 bridgehead atoms. The molecule has 5 nitrogen and oxygen atoms in total. The summed E-state index contributed by atoms with van der Waals surface area (Å²) in [6, 6.07) is 5.63. The molecular formula is C18H28Cl2IN3O2. The van der Waals surface area contributed by atoms with Crippen LogP contribution in [0.3, 0.4) is 0 Å². The third-order valence-corrected chi connectivity index (χ3v) is 4.60. The summed E-state index contributed by atoms with van der Waals surface area (Å²) >= 11 is 12.1. The van der Waals surface area contributed by atoms with Crippen molar-refractivity contribution in [1.29, 1.82) is 0 Å². The lowest BCUT2D eigenvalue weighted by Crippen LogP contribution is -2.38. The van der Waals surface area contributed by atoms with Crippen molar-refractivity contribution in [3.63, 3.8) is 0 Å². The molecule has 1 aromatic carbocycles. The van der Waals surface area contributed by atoms with E-state index >= 15 is 0 Å². The number of halogens is 3. The number of hydrogen-bond donors (Lipinski definition) is 2. The largest absolute Gasteiger partial charge is 0.379 e. The number of rotatable bonds is 9. The van der Waals surface area contributed by atoms with Crippen molar-refractivity contribution in [3.8, 4) is 0 Å². The predicted molar refractivity (Wildman–Crippen MR) is 119 cm³/mol. The average molecular weight is 516 g/mol. The normalized spacial score (nSPS) is 17.0. The molecule has 1 fully saturated rings. The molecule has 0 radical (unpaired) electrons. The number of benzene rings is 1. The van der Waals surface area contributed by atoms with Crippen LogP contribution in [-0.2, 0) is 15.9 Å². The van der Waals surface area contributed by atoms with Gasteiger partial charge in [0.25, 0.3) is 0 Å². The summed E-state index contributed by atoms with van der Waals surface area (Å²) in [7, 11) is 1.78. The lowest BCUT2D eigenvalue weighted by molar-refractivity contribution is 0.0420. The van der Waals surface area contributed by atoms with Crippen LogP contribution in [0.1, 0.15) is 24.8 Å². The summed E-state index contributed by atoms with van der Waals surface area (Å²) in [5, 5.41) is 8.00. The summed E-state index contributed by atoms with van der Waals surface area (Å²) in [4.78, 5) is 4.23. The third-order valence-electron chi connectivity index (χ3n) is 4.01.